The Bertz CT molecular complexity index is 911. The lowest BCUT2D eigenvalue weighted by Crippen LogP contribution is -2.30. The average Bonchev–Trinajstić information content (AvgIpc) is 3.27. The van der Waals surface area contributed by atoms with E-state index in [-0.39, 0.29) is 11.7 Å². The van der Waals surface area contributed by atoms with E-state index in [1.165, 1.54) is 17.3 Å². The smallest absolute Gasteiger partial charge is 0.277 e. The maximum absolute atomic E-state index is 12.5. The Balaban J connectivity index is 1.41. The number of amides is 1. The van der Waals surface area contributed by atoms with Crippen molar-refractivity contribution in [3.05, 3.63) is 59.1 Å². The largest absolute Gasteiger partial charge is 0.411 e. The van der Waals surface area contributed by atoms with Crippen molar-refractivity contribution in [2.45, 2.75) is 11.6 Å². The number of anilines is 1. The molecule has 0 unspecified atom stereocenters. The third kappa shape index (κ3) is 3.41. The summed E-state index contributed by atoms with van der Waals surface area (Å²) in [7, 11) is 0. The Morgan fingerprint density at radius 1 is 1.16 bits per heavy atom. The average molecular weight is 372 g/mol. The fourth-order valence-electron chi connectivity index (χ4n) is 2.78. The molecule has 0 N–H and O–H groups in total. The van der Waals surface area contributed by atoms with Gasteiger partial charge in [0.25, 0.3) is 5.22 Å². The number of carbonyl (C=O) groups excluding carboxylic acids is 1. The van der Waals surface area contributed by atoms with Crippen LogP contribution in [-0.4, -0.2) is 28.4 Å². The summed E-state index contributed by atoms with van der Waals surface area (Å²) >= 11 is 7.13. The number of para-hydroxylation sites is 1. The molecule has 0 fully saturated rings. The zero-order valence-electron chi connectivity index (χ0n) is 13.2. The first-order valence-electron chi connectivity index (χ1n) is 7.81. The maximum atomic E-state index is 12.5. The van der Waals surface area contributed by atoms with Crippen LogP contribution in [0.3, 0.4) is 0 Å². The van der Waals surface area contributed by atoms with Crippen molar-refractivity contribution >= 4 is 35.0 Å². The molecule has 2 heterocycles. The van der Waals surface area contributed by atoms with Crippen LogP contribution in [0, 0.1) is 0 Å². The lowest BCUT2D eigenvalue weighted by molar-refractivity contribution is -0.116. The van der Waals surface area contributed by atoms with E-state index >= 15 is 0 Å². The summed E-state index contributed by atoms with van der Waals surface area (Å²) < 4.78 is 5.62. The second-order valence-corrected chi connectivity index (χ2v) is 6.96. The van der Waals surface area contributed by atoms with Crippen molar-refractivity contribution in [1.82, 2.24) is 10.2 Å². The molecule has 0 saturated heterocycles. The second kappa shape index (κ2) is 6.90. The zero-order valence-corrected chi connectivity index (χ0v) is 14.8. The van der Waals surface area contributed by atoms with E-state index in [1.54, 1.807) is 12.1 Å². The van der Waals surface area contributed by atoms with E-state index in [9.17, 15) is 4.79 Å². The van der Waals surface area contributed by atoms with Gasteiger partial charge in [0.2, 0.25) is 11.8 Å². The van der Waals surface area contributed by atoms with Gasteiger partial charge in [-0.25, -0.2) is 0 Å². The van der Waals surface area contributed by atoms with Crippen LogP contribution < -0.4 is 4.90 Å². The SMILES string of the molecule is O=C(CSc1nnc(-c2ccc(Cl)cc2)o1)N1CCc2ccccc21. The highest BCUT2D eigenvalue weighted by atomic mass is 35.5. The minimum absolute atomic E-state index is 0.0428. The van der Waals surface area contributed by atoms with Gasteiger partial charge >= 0.3 is 0 Å². The van der Waals surface area contributed by atoms with Crippen LogP contribution in [0.1, 0.15) is 5.56 Å². The molecule has 7 heteroatoms. The Morgan fingerprint density at radius 3 is 2.80 bits per heavy atom. The number of hydrogen-bond donors (Lipinski definition) is 0. The maximum Gasteiger partial charge on any atom is 0.277 e. The third-order valence-electron chi connectivity index (χ3n) is 4.00. The van der Waals surface area contributed by atoms with Crippen molar-refractivity contribution in [2.75, 3.05) is 17.2 Å². The fraction of sp³-hybridized carbons (Fsp3) is 0.167. The minimum Gasteiger partial charge on any atom is -0.411 e. The molecule has 1 amide bonds. The molecule has 0 bridgehead atoms. The van der Waals surface area contributed by atoms with Crippen molar-refractivity contribution < 1.29 is 9.21 Å². The van der Waals surface area contributed by atoms with Gasteiger partial charge in [-0.15, -0.1) is 10.2 Å². The van der Waals surface area contributed by atoms with Gasteiger partial charge in [-0.3, -0.25) is 4.79 Å². The Labute approximate surface area is 154 Å². The number of hydrogen-bond acceptors (Lipinski definition) is 5. The third-order valence-corrected chi connectivity index (χ3v) is 5.06. The molecule has 0 aliphatic carbocycles. The molecule has 2 aromatic carbocycles. The predicted molar refractivity (Wildman–Crippen MR) is 98.0 cm³/mol. The summed E-state index contributed by atoms with van der Waals surface area (Å²) in [6, 6.07) is 15.2. The van der Waals surface area contributed by atoms with Crippen LogP contribution in [0.4, 0.5) is 5.69 Å². The highest BCUT2D eigenvalue weighted by Crippen LogP contribution is 2.29. The molecule has 1 aromatic heterocycles. The second-order valence-electron chi connectivity index (χ2n) is 5.59. The van der Waals surface area contributed by atoms with Gasteiger partial charge < -0.3 is 9.32 Å². The van der Waals surface area contributed by atoms with Crippen LogP contribution in [0.15, 0.2) is 58.2 Å². The van der Waals surface area contributed by atoms with Crippen molar-refractivity contribution in [3.63, 3.8) is 0 Å². The summed E-state index contributed by atoms with van der Waals surface area (Å²) in [4.78, 5) is 14.3. The van der Waals surface area contributed by atoms with Crippen molar-refractivity contribution in [1.29, 1.82) is 0 Å². The molecule has 126 valence electrons. The Morgan fingerprint density at radius 2 is 1.96 bits per heavy atom. The van der Waals surface area contributed by atoms with Gasteiger partial charge in [0, 0.05) is 22.8 Å². The molecule has 1 aliphatic rings. The van der Waals surface area contributed by atoms with Crippen molar-refractivity contribution in [3.8, 4) is 11.5 Å². The van der Waals surface area contributed by atoms with Crippen molar-refractivity contribution in [2.24, 2.45) is 0 Å². The van der Waals surface area contributed by atoms with E-state index in [2.05, 4.69) is 16.3 Å². The van der Waals surface area contributed by atoms with Gasteiger partial charge in [0.1, 0.15) is 0 Å². The minimum atomic E-state index is 0.0428. The first-order valence-corrected chi connectivity index (χ1v) is 9.17. The Kier molecular flexibility index (Phi) is 4.46. The van der Waals surface area contributed by atoms with E-state index in [0.717, 1.165) is 24.2 Å². The van der Waals surface area contributed by atoms with E-state index in [0.29, 0.717) is 16.1 Å². The molecular formula is C18H14ClN3O2S. The predicted octanol–water partition coefficient (Wildman–Crippen LogP) is 4.07. The van der Waals surface area contributed by atoms with Gasteiger partial charge in [0.05, 0.1) is 5.75 Å². The number of halogens is 1. The number of nitrogens with zero attached hydrogens (tertiary/aromatic N) is 3. The van der Waals surface area contributed by atoms with Gasteiger partial charge in [0.15, 0.2) is 0 Å². The number of thioether (sulfide) groups is 1. The normalized spacial score (nSPS) is 13.1. The molecule has 5 nitrogen and oxygen atoms in total. The van der Waals surface area contributed by atoms with E-state index in [4.69, 9.17) is 16.0 Å². The first kappa shape index (κ1) is 16.2. The van der Waals surface area contributed by atoms with Crippen LogP contribution in [0.25, 0.3) is 11.5 Å². The molecule has 4 rings (SSSR count). The number of fused-ring (bicyclic) bond motifs is 1. The molecule has 1 aliphatic heterocycles. The molecule has 0 spiro atoms. The van der Waals surface area contributed by atoms with E-state index in [1.807, 2.05) is 35.2 Å². The number of carbonyl (C=O) groups is 1. The van der Waals surface area contributed by atoms with Gasteiger partial charge in [-0.1, -0.05) is 41.6 Å². The lowest BCUT2D eigenvalue weighted by Gasteiger charge is -2.16. The monoisotopic (exact) mass is 371 g/mol. The summed E-state index contributed by atoms with van der Waals surface area (Å²) in [5.74, 6) is 0.718. The Hall–Kier alpha value is -2.31. The van der Waals surface area contributed by atoms with Gasteiger partial charge in [-0.2, -0.15) is 0 Å². The summed E-state index contributed by atoms with van der Waals surface area (Å²) in [5.41, 5.74) is 3.01. The van der Waals surface area contributed by atoms with Gasteiger partial charge in [-0.05, 0) is 42.3 Å². The van der Waals surface area contributed by atoms with Crippen LogP contribution in [-0.2, 0) is 11.2 Å². The molecule has 0 radical (unpaired) electrons. The first-order chi connectivity index (χ1) is 12.2. The van der Waals surface area contributed by atoms with Crippen LogP contribution >= 0.6 is 23.4 Å². The quantitative estimate of drug-likeness (QED) is 0.647. The number of rotatable bonds is 4. The number of benzene rings is 2. The molecule has 0 saturated carbocycles. The lowest BCUT2D eigenvalue weighted by atomic mass is 10.2. The highest BCUT2D eigenvalue weighted by Gasteiger charge is 2.24. The molecule has 25 heavy (non-hydrogen) atoms. The van der Waals surface area contributed by atoms with Crippen LogP contribution in [0.2, 0.25) is 5.02 Å². The summed E-state index contributed by atoms with van der Waals surface area (Å²) in [5, 5.41) is 9.05. The molecule has 3 aromatic rings. The van der Waals surface area contributed by atoms with Crippen LogP contribution in [0.5, 0.6) is 0 Å². The van der Waals surface area contributed by atoms with E-state index < -0.39 is 0 Å². The standard InChI is InChI=1S/C18H14ClN3O2S/c19-14-7-5-13(6-8-14)17-20-21-18(24-17)25-11-16(23)22-10-9-12-3-1-2-4-15(12)22/h1-8H,9-11H2. The highest BCUT2D eigenvalue weighted by molar-refractivity contribution is 7.99. The zero-order chi connectivity index (χ0) is 17.2. The molecule has 0 atom stereocenters. The summed E-state index contributed by atoms with van der Waals surface area (Å²) in [6.07, 6.45) is 0.897. The summed E-state index contributed by atoms with van der Waals surface area (Å²) in [6.45, 7) is 0.721. The fourth-order valence-corrected chi connectivity index (χ4v) is 3.54. The molecular weight excluding hydrogens is 358 g/mol. The topological polar surface area (TPSA) is 59.2 Å². The number of aromatic nitrogens is 2.